The van der Waals surface area contributed by atoms with Crippen molar-refractivity contribution in [1.29, 1.82) is 0 Å². The van der Waals surface area contributed by atoms with Crippen LogP contribution in [-0.4, -0.2) is 28.9 Å². The van der Waals surface area contributed by atoms with Crippen LogP contribution in [0.5, 0.6) is 0 Å². The first kappa shape index (κ1) is 9.78. The number of rotatable bonds is 0. The third-order valence-electron chi connectivity index (χ3n) is 3.78. The highest BCUT2D eigenvalue weighted by molar-refractivity contribution is 6.06. The molecule has 0 saturated carbocycles. The minimum absolute atomic E-state index is 0.0774. The van der Waals surface area contributed by atoms with Gasteiger partial charge in [-0.25, -0.2) is 0 Å². The summed E-state index contributed by atoms with van der Waals surface area (Å²) in [5.41, 5.74) is -2.05. The zero-order valence-corrected chi connectivity index (χ0v) is 9.10. The standard InChI is InChI=1S/C12H12O4/c1-11-7-5-6-15-12(2,10(7)14)9(16-11)4-3-8(11)13/h3-7,9H,1-2H3/t7-,9-,11-,12-/m0/s1. The Morgan fingerprint density at radius 1 is 1.19 bits per heavy atom. The van der Waals surface area contributed by atoms with Gasteiger partial charge in [0.15, 0.2) is 17.2 Å². The van der Waals surface area contributed by atoms with Crippen LogP contribution in [-0.2, 0) is 19.1 Å². The normalized spacial score (nSPS) is 49.1. The van der Waals surface area contributed by atoms with E-state index in [2.05, 4.69) is 0 Å². The third kappa shape index (κ3) is 0.888. The van der Waals surface area contributed by atoms with Gasteiger partial charge < -0.3 is 9.47 Å². The topological polar surface area (TPSA) is 52.6 Å². The summed E-state index contributed by atoms with van der Waals surface area (Å²) in [5.74, 6) is -0.776. The fraction of sp³-hybridized carbons (Fsp3) is 0.500. The van der Waals surface area contributed by atoms with Crippen molar-refractivity contribution in [3.63, 3.8) is 0 Å². The van der Waals surface area contributed by atoms with Gasteiger partial charge in [-0.2, -0.15) is 0 Å². The molecule has 0 aromatic carbocycles. The summed E-state index contributed by atoms with van der Waals surface area (Å²) < 4.78 is 11.1. The zero-order chi connectivity index (χ0) is 11.6. The Morgan fingerprint density at radius 2 is 1.94 bits per heavy atom. The summed E-state index contributed by atoms with van der Waals surface area (Å²) in [6.45, 7) is 3.37. The number of ketones is 2. The molecule has 0 spiro atoms. The van der Waals surface area contributed by atoms with Gasteiger partial charge in [0.25, 0.3) is 0 Å². The number of hydrogen-bond donors (Lipinski definition) is 0. The van der Waals surface area contributed by atoms with Crippen LogP contribution >= 0.6 is 0 Å². The first-order chi connectivity index (χ1) is 7.48. The molecule has 1 saturated heterocycles. The van der Waals surface area contributed by atoms with Crippen molar-refractivity contribution in [2.24, 2.45) is 5.92 Å². The molecule has 4 bridgehead atoms. The summed E-state index contributed by atoms with van der Waals surface area (Å²) in [5, 5.41) is 0. The van der Waals surface area contributed by atoms with Gasteiger partial charge in [0.1, 0.15) is 11.7 Å². The van der Waals surface area contributed by atoms with E-state index in [0.29, 0.717) is 0 Å². The van der Waals surface area contributed by atoms with Crippen LogP contribution in [0.3, 0.4) is 0 Å². The highest BCUT2D eigenvalue weighted by Crippen LogP contribution is 2.45. The number of hydrogen-bond acceptors (Lipinski definition) is 4. The largest absolute Gasteiger partial charge is 0.485 e. The Hall–Kier alpha value is -1.42. The lowest BCUT2D eigenvalue weighted by molar-refractivity contribution is -0.212. The molecule has 0 N–H and O–H groups in total. The summed E-state index contributed by atoms with van der Waals surface area (Å²) in [6.07, 6.45) is 5.74. The molecule has 0 amide bonds. The van der Waals surface area contributed by atoms with Crippen LogP contribution in [0.4, 0.5) is 0 Å². The third-order valence-corrected chi connectivity index (χ3v) is 3.78. The summed E-state index contributed by atoms with van der Waals surface area (Å²) >= 11 is 0. The minimum atomic E-state index is -1.06. The molecule has 0 radical (unpaired) electrons. The lowest BCUT2D eigenvalue weighted by Crippen LogP contribution is -2.68. The zero-order valence-electron chi connectivity index (χ0n) is 9.10. The van der Waals surface area contributed by atoms with Gasteiger partial charge in [-0.3, -0.25) is 9.59 Å². The number of fused-ring (bicyclic) bond motifs is 6. The Kier molecular flexibility index (Phi) is 1.61. The summed E-state index contributed by atoms with van der Waals surface area (Å²) in [6, 6.07) is 0. The van der Waals surface area contributed by atoms with Crippen molar-refractivity contribution in [2.45, 2.75) is 31.2 Å². The Balaban J connectivity index is 2.23. The average molecular weight is 220 g/mol. The van der Waals surface area contributed by atoms with Crippen molar-refractivity contribution in [2.75, 3.05) is 0 Å². The van der Waals surface area contributed by atoms with Gasteiger partial charge >= 0.3 is 0 Å². The lowest BCUT2D eigenvalue weighted by Gasteiger charge is -2.51. The SMILES string of the molecule is C[C@@]12OC=C[C@@H](C1=O)[C@]1(C)O[C@H]2C=CC1=O. The number of carbonyl (C=O) groups is 2. The fourth-order valence-corrected chi connectivity index (χ4v) is 2.58. The Labute approximate surface area is 92.9 Å². The second-order valence-electron chi connectivity index (χ2n) is 4.76. The molecule has 3 heterocycles. The molecule has 3 aliphatic heterocycles. The highest BCUT2D eigenvalue weighted by atomic mass is 16.6. The van der Waals surface area contributed by atoms with Crippen molar-refractivity contribution >= 4 is 11.6 Å². The van der Waals surface area contributed by atoms with E-state index in [0.717, 1.165) is 0 Å². The first-order valence-electron chi connectivity index (χ1n) is 5.28. The quantitative estimate of drug-likeness (QED) is 0.605. The molecular formula is C12H12O4. The van der Waals surface area contributed by atoms with Gasteiger partial charge in [-0.05, 0) is 32.1 Å². The predicted octanol–water partition coefficient (Wildman–Crippen LogP) is 0.771. The van der Waals surface area contributed by atoms with E-state index in [1.165, 1.54) is 12.3 Å². The molecule has 84 valence electrons. The lowest BCUT2D eigenvalue weighted by atomic mass is 9.69. The van der Waals surface area contributed by atoms with E-state index in [1.54, 1.807) is 26.0 Å². The number of carbonyl (C=O) groups excluding carboxylic acids is 2. The van der Waals surface area contributed by atoms with Gasteiger partial charge in [-0.1, -0.05) is 0 Å². The van der Waals surface area contributed by atoms with Crippen molar-refractivity contribution in [3.05, 3.63) is 24.5 Å². The summed E-state index contributed by atoms with van der Waals surface area (Å²) in [7, 11) is 0. The highest BCUT2D eigenvalue weighted by Gasteiger charge is 2.62. The molecule has 3 rings (SSSR count). The molecule has 4 nitrogen and oxygen atoms in total. The van der Waals surface area contributed by atoms with Crippen LogP contribution in [0, 0.1) is 5.92 Å². The fourth-order valence-electron chi connectivity index (χ4n) is 2.58. The first-order valence-corrected chi connectivity index (χ1v) is 5.28. The van der Waals surface area contributed by atoms with Crippen molar-refractivity contribution in [3.8, 4) is 0 Å². The van der Waals surface area contributed by atoms with Crippen molar-refractivity contribution < 1.29 is 19.1 Å². The van der Waals surface area contributed by atoms with Crippen LogP contribution in [0.25, 0.3) is 0 Å². The molecule has 4 heteroatoms. The van der Waals surface area contributed by atoms with E-state index in [-0.39, 0.29) is 11.6 Å². The Morgan fingerprint density at radius 3 is 2.69 bits per heavy atom. The second-order valence-corrected chi connectivity index (χ2v) is 4.76. The van der Waals surface area contributed by atoms with Gasteiger partial charge in [0, 0.05) is 0 Å². The summed E-state index contributed by atoms with van der Waals surface area (Å²) in [4.78, 5) is 24.1. The maximum atomic E-state index is 12.3. The number of Topliss-reactive ketones (excluding diaryl/α,β-unsaturated/α-hetero) is 1. The maximum absolute atomic E-state index is 12.3. The molecule has 0 aromatic heterocycles. The van der Waals surface area contributed by atoms with Gasteiger partial charge in [0.2, 0.25) is 0 Å². The Bertz CT molecular complexity index is 450. The van der Waals surface area contributed by atoms with Crippen LogP contribution in [0.2, 0.25) is 0 Å². The van der Waals surface area contributed by atoms with Gasteiger partial charge in [0.05, 0.1) is 12.2 Å². The molecular weight excluding hydrogens is 208 g/mol. The van der Waals surface area contributed by atoms with E-state index in [9.17, 15) is 9.59 Å². The van der Waals surface area contributed by atoms with Crippen LogP contribution < -0.4 is 0 Å². The van der Waals surface area contributed by atoms with Gasteiger partial charge in [-0.15, -0.1) is 0 Å². The predicted molar refractivity (Wildman–Crippen MR) is 54.6 cm³/mol. The van der Waals surface area contributed by atoms with E-state index >= 15 is 0 Å². The number of ether oxygens (including phenoxy) is 2. The second kappa shape index (κ2) is 2.63. The molecule has 0 aliphatic carbocycles. The van der Waals surface area contributed by atoms with E-state index in [4.69, 9.17) is 9.47 Å². The molecule has 1 fully saturated rings. The molecule has 0 unspecified atom stereocenters. The van der Waals surface area contributed by atoms with E-state index < -0.39 is 23.2 Å². The average Bonchev–Trinajstić information content (AvgIpc) is 2.24. The molecule has 4 atom stereocenters. The monoisotopic (exact) mass is 220 g/mol. The molecule has 0 aromatic rings. The maximum Gasteiger partial charge on any atom is 0.193 e. The van der Waals surface area contributed by atoms with Crippen LogP contribution in [0.1, 0.15) is 13.8 Å². The smallest absolute Gasteiger partial charge is 0.193 e. The molecule has 3 aliphatic rings. The van der Waals surface area contributed by atoms with Crippen molar-refractivity contribution in [1.82, 2.24) is 0 Å². The minimum Gasteiger partial charge on any atom is -0.485 e. The van der Waals surface area contributed by atoms with Crippen LogP contribution in [0.15, 0.2) is 24.5 Å². The van der Waals surface area contributed by atoms with E-state index in [1.807, 2.05) is 0 Å². The molecule has 16 heavy (non-hydrogen) atoms.